The van der Waals surface area contributed by atoms with Gasteiger partial charge in [-0.15, -0.1) is 0 Å². The summed E-state index contributed by atoms with van der Waals surface area (Å²) in [6.45, 7) is 6.02. The number of carbonyl (C=O) groups is 1. The lowest BCUT2D eigenvalue weighted by molar-refractivity contribution is -0.00844. The highest BCUT2D eigenvalue weighted by Gasteiger charge is 2.49. The summed E-state index contributed by atoms with van der Waals surface area (Å²) in [5.74, 6) is -0.344. The fourth-order valence-electron chi connectivity index (χ4n) is 2.04. The SMILES string of the molecule is CC(C)(O)CC[C@H](OC(=O)c1ccccc1)[C@@]1(C)CO1. The number of benzene rings is 1. The van der Waals surface area contributed by atoms with Crippen molar-refractivity contribution in [2.24, 2.45) is 0 Å². The molecule has 0 radical (unpaired) electrons. The monoisotopic (exact) mass is 278 g/mol. The molecule has 0 aromatic heterocycles. The maximum Gasteiger partial charge on any atom is 0.338 e. The van der Waals surface area contributed by atoms with Crippen LogP contribution in [-0.2, 0) is 9.47 Å². The van der Waals surface area contributed by atoms with Gasteiger partial charge in [-0.3, -0.25) is 0 Å². The molecular weight excluding hydrogens is 256 g/mol. The number of aliphatic hydroxyl groups is 1. The topological polar surface area (TPSA) is 59.1 Å². The van der Waals surface area contributed by atoms with Gasteiger partial charge in [0.1, 0.15) is 11.7 Å². The predicted molar refractivity (Wildman–Crippen MR) is 75.5 cm³/mol. The third-order valence-electron chi connectivity index (χ3n) is 3.56. The molecule has 0 saturated carbocycles. The highest BCUT2D eigenvalue weighted by molar-refractivity contribution is 5.89. The molecule has 1 N–H and O–H groups in total. The van der Waals surface area contributed by atoms with E-state index in [9.17, 15) is 9.90 Å². The molecule has 2 atom stereocenters. The first-order valence-electron chi connectivity index (χ1n) is 6.93. The summed E-state index contributed by atoms with van der Waals surface area (Å²) in [6, 6.07) is 8.92. The lowest BCUT2D eigenvalue weighted by Gasteiger charge is -2.25. The van der Waals surface area contributed by atoms with E-state index < -0.39 is 11.2 Å². The molecule has 0 bridgehead atoms. The van der Waals surface area contributed by atoms with E-state index in [2.05, 4.69) is 0 Å². The number of carbonyl (C=O) groups excluding carboxylic acids is 1. The van der Waals surface area contributed by atoms with Crippen LogP contribution < -0.4 is 0 Å². The van der Waals surface area contributed by atoms with Crippen LogP contribution in [0.25, 0.3) is 0 Å². The average Bonchev–Trinajstić information content (AvgIpc) is 3.13. The minimum atomic E-state index is -0.775. The Morgan fingerprint density at radius 2 is 2.05 bits per heavy atom. The van der Waals surface area contributed by atoms with E-state index in [1.165, 1.54) is 0 Å². The second-order valence-corrected chi connectivity index (χ2v) is 6.21. The number of hydrogen-bond acceptors (Lipinski definition) is 4. The standard InChI is InChI=1S/C16H22O4/c1-15(2,18)10-9-13(16(3)11-19-16)20-14(17)12-7-5-4-6-8-12/h4-8,13,18H,9-11H2,1-3H3/t13-,16+/m0/s1. The third-order valence-corrected chi connectivity index (χ3v) is 3.56. The highest BCUT2D eigenvalue weighted by Crippen LogP contribution is 2.35. The molecule has 1 aromatic carbocycles. The second-order valence-electron chi connectivity index (χ2n) is 6.21. The maximum absolute atomic E-state index is 12.1. The Morgan fingerprint density at radius 1 is 1.45 bits per heavy atom. The van der Waals surface area contributed by atoms with Crippen LogP contribution in [0.5, 0.6) is 0 Å². The lowest BCUT2D eigenvalue weighted by atomic mass is 9.94. The van der Waals surface area contributed by atoms with Crippen molar-refractivity contribution in [1.82, 2.24) is 0 Å². The van der Waals surface area contributed by atoms with Crippen molar-refractivity contribution in [1.29, 1.82) is 0 Å². The highest BCUT2D eigenvalue weighted by atomic mass is 16.6. The van der Waals surface area contributed by atoms with Gasteiger partial charge >= 0.3 is 5.97 Å². The number of epoxide rings is 1. The molecule has 1 fully saturated rings. The molecule has 1 aliphatic rings. The molecule has 0 amide bonds. The second kappa shape index (κ2) is 5.54. The number of esters is 1. The zero-order valence-corrected chi connectivity index (χ0v) is 12.3. The normalized spacial score (nSPS) is 23.2. The minimum Gasteiger partial charge on any atom is -0.456 e. The Hall–Kier alpha value is -1.39. The molecule has 20 heavy (non-hydrogen) atoms. The lowest BCUT2D eigenvalue weighted by Crippen LogP contribution is -2.34. The number of ether oxygens (including phenoxy) is 2. The van der Waals surface area contributed by atoms with E-state index in [0.29, 0.717) is 25.0 Å². The largest absolute Gasteiger partial charge is 0.456 e. The quantitative estimate of drug-likeness (QED) is 0.642. The van der Waals surface area contributed by atoms with E-state index in [4.69, 9.17) is 9.47 Å². The van der Waals surface area contributed by atoms with E-state index in [0.717, 1.165) is 0 Å². The predicted octanol–water partition coefficient (Wildman–Crippen LogP) is 2.55. The van der Waals surface area contributed by atoms with Crippen LogP contribution in [0.3, 0.4) is 0 Å². The molecule has 4 heteroatoms. The summed E-state index contributed by atoms with van der Waals surface area (Å²) in [6.07, 6.45) is 0.804. The molecule has 0 spiro atoms. The Kier molecular flexibility index (Phi) is 4.16. The first-order chi connectivity index (χ1) is 9.30. The first-order valence-corrected chi connectivity index (χ1v) is 6.93. The van der Waals surface area contributed by atoms with Gasteiger partial charge in [0.25, 0.3) is 0 Å². The van der Waals surface area contributed by atoms with Gasteiger partial charge in [-0.1, -0.05) is 18.2 Å². The van der Waals surface area contributed by atoms with Crippen LogP contribution in [0, 0.1) is 0 Å². The van der Waals surface area contributed by atoms with Crippen molar-refractivity contribution in [2.45, 2.75) is 50.9 Å². The number of hydrogen-bond donors (Lipinski definition) is 1. The molecular formula is C16H22O4. The van der Waals surface area contributed by atoms with Crippen LogP contribution in [0.1, 0.15) is 44.0 Å². The summed E-state index contributed by atoms with van der Waals surface area (Å²) in [4.78, 5) is 12.1. The van der Waals surface area contributed by atoms with Crippen LogP contribution in [-0.4, -0.2) is 35.0 Å². The summed E-state index contributed by atoms with van der Waals surface area (Å²) >= 11 is 0. The zero-order chi connectivity index (χ0) is 14.8. The first kappa shape index (κ1) is 15.0. The van der Waals surface area contributed by atoms with Gasteiger partial charge in [-0.05, 0) is 45.7 Å². The molecule has 0 aliphatic carbocycles. The Bertz CT molecular complexity index is 457. The van der Waals surface area contributed by atoms with Gasteiger partial charge in [-0.2, -0.15) is 0 Å². The summed E-state index contributed by atoms with van der Waals surface area (Å²) in [5, 5.41) is 9.82. The van der Waals surface area contributed by atoms with Gasteiger partial charge in [0.2, 0.25) is 0 Å². The molecule has 1 aliphatic heterocycles. The number of rotatable bonds is 6. The van der Waals surface area contributed by atoms with Gasteiger partial charge in [0.05, 0.1) is 17.8 Å². The van der Waals surface area contributed by atoms with Crippen molar-refractivity contribution in [3.63, 3.8) is 0 Å². The fourth-order valence-corrected chi connectivity index (χ4v) is 2.04. The Labute approximate surface area is 119 Å². The summed E-state index contributed by atoms with van der Waals surface area (Å²) in [7, 11) is 0. The molecule has 4 nitrogen and oxygen atoms in total. The average molecular weight is 278 g/mol. The smallest absolute Gasteiger partial charge is 0.338 e. The Morgan fingerprint density at radius 3 is 2.55 bits per heavy atom. The van der Waals surface area contributed by atoms with Gasteiger partial charge in [-0.25, -0.2) is 4.79 Å². The molecule has 1 aromatic rings. The van der Waals surface area contributed by atoms with E-state index >= 15 is 0 Å². The van der Waals surface area contributed by atoms with Crippen molar-refractivity contribution >= 4 is 5.97 Å². The zero-order valence-electron chi connectivity index (χ0n) is 12.3. The molecule has 0 unspecified atom stereocenters. The molecule has 1 saturated heterocycles. The molecule has 1 heterocycles. The van der Waals surface area contributed by atoms with Gasteiger partial charge in [0, 0.05) is 0 Å². The summed E-state index contributed by atoms with van der Waals surface area (Å²) in [5.41, 5.74) is -0.650. The van der Waals surface area contributed by atoms with Gasteiger partial charge in [0.15, 0.2) is 0 Å². The Balaban J connectivity index is 2.00. The van der Waals surface area contributed by atoms with Crippen LogP contribution in [0.2, 0.25) is 0 Å². The van der Waals surface area contributed by atoms with E-state index in [-0.39, 0.29) is 12.1 Å². The van der Waals surface area contributed by atoms with Crippen LogP contribution in [0.4, 0.5) is 0 Å². The van der Waals surface area contributed by atoms with Crippen molar-refractivity contribution in [2.75, 3.05) is 6.61 Å². The molecule has 2 rings (SSSR count). The summed E-state index contributed by atoms with van der Waals surface area (Å²) < 4.78 is 11.0. The van der Waals surface area contributed by atoms with Crippen molar-refractivity contribution in [3.8, 4) is 0 Å². The van der Waals surface area contributed by atoms with E-state index in [1.54, 1.807) is 38.1 Å². The van der Waals surface area contributed by atoms with Crippen molar-refractivity contribution in [3.05, 3.63) is 35.9 Å². The van der Waals surface area contributed by atoms with E-state index in [1.807, 2.05) is 13.0 Å². The maximum atomic E-state index is 12.1. The van der Waals surface area contributed by atoms with Crippen molar-refractivity contribution < 1.29 is 19.4 Å². The molecule has 110 valence electrons. The van der Waals surface area contributed by atoms with Crippen LogP contribution >= 0.6 is 0 Å². The fraction of sp³-hybridized carbons (Fsp3) is 0.562. The third kappa shape index (κ3) is 4.05. The van der Waals surface area contributed by atoms with Crippen LogP contribution in [0.15, 0.2) is 30.3 Å². The minimum absolute atomic E-state index is 0.332. The van der Waals surface area contributed by atoms with Gasteiger partial charge < -0.3 is 14.6 Å².